The minimum atomic E-state index is 0.520. The summed E-state index contributed by atoms with van der Waals surface area (Å²) >= 11 is 0. The molecule has 0 aliphatic rings. The van der Waals surface area contributed by atoms with Gasteiger partial charge in [-0.1, -0.05) is 69.3 Å². The molecule has 0 saturated heterocycles. The summed E-state index contributed by atoms with van der Waals surface area (Å²) in [5, 5.41) is 0. The van der Waals surface area contributed by atoms with Crippen LogP contribution in [0.25, 0.3) is 11.3 Å². The van der Waals surface area contributed by atoms with E-state index in [9.17, 15) is 0 Å². The molecule has 3 rings (SSSR count). The van der Waals surface area contributed by atoms with E-state index >= 15 is 0 Å². The van der Waals surface area contributed by atoms with Crippen LogP contribution in [0.2, 0.25) is 0 Å². The monoisotopic (exact) mass is 414 g/mol. The number of benzene rings is 2. The van der Waals surface area contributed by atoms with Crippen LogP contribution in [0.1, 0.15) is 67.6 Å². The normalized spacial score (nSPS) is 12.4. The van der Waals surface area contributed by atoms with Crippen molar-refractivity contribution in [3.8, 4) is 11.3 Å². The highest BCUT2D eigenvalue weighted by Crippen LogP contribution is 2.30. The first-order chi connectivity index (χ1) is 15.0. The molecule has 1 unspecified atom stereocenters. The average Bonchev–Trinajstić information content (AvgIpc) is 2.79. The van der Waals surface area contributed by atoms with Gasteiger partial charge in [0.2, 0.25) is 0 Å². The standard InChI is InChI=1S/C29H38N2/c1-7-22(5)31(19-24-14-11-10-12-15-24)20-27-21(4)18-28(30-23(27)6)29-25(8-2)16-13-17-26(29)9-3/h10-18,22H,7-9,19-20H2,1-6H3. The number of hydrogen-bond acceptors (Lipinski definition) is 2. The molecule has 3 aromatic rings. The van der Waals surface area contributed by atoms with E-state index in [1.165, 1.54) is 33.4 Å². The van der Waals surface area contributed by atoms with Gasteiger partial charge in [-0.05, 0) is 73.9 Å². The summed E-state index contributed by atoms with van der Waals surface area (Å²) in [6.07, 6.45) is 3.20. The van der Waals surface area contributed by atoms with Crippen LogP contribution in [0.3, 0.4) is 0 Å². The third-order valence-corrected chi connectivity index (χ3v) is 6.61. The first-order valence-corrected chi connectivity index (χ1v) is 11.8. The van der Waals surface area contributed by atoms with Crippen molar-refractivity contribution in [1.29, 1.82) is 0 Å². The first kappa shape index (κ1) is 23.2. The minimum absolute atomic E-state index is 0.520. The first-order valence-electron chi connectivity index (χ1n) is 11.8. The molecule has 2 aromatic carbocycles. The summed E-state index contributed by atoms with van der Waals surface area (Å²) in [7, 11) is 0. The number of pyridine rings is 1. The number of nitrogens with zero attached hydrogens (tertiary/aromatic N) is 2. The van der Waals surface area contributed by atoms with Crippen molar-refractivity contribution in [2.45, 2.75) is 79.9 Å². The highest BCUT2D eigenvalue weighted by molar-refractivity contribution is 5.69. The molecule has 1 heterocycles. The summed E-state index contributed by atoms with van der Waals surface area (Å²) in [6, 6.07) is 20.3. The zero-order chi connectivity index (χ0) is 22.4. The minimum Gasteiger partial charge on any atom is -0.292 e. The summed E-state index contributed by atoms with van der Waals surface area (Å²) < 4.78 is 0. The molecule has 2 heteroatoms. The van der Waals surface area contributed by atoms with Crippen LogP contribution in [-0.4, -0.2) is 15.9 Å². The van der Waals surface area contributed by atoms with Crippen molar-refractivity contribution in [3.63, 3.8) is 0 Å². The molecule has 0 aliphatic carbocycles. The molecular weight excluding hydrogens is 376 g/mol. The highest BCUT2D eigenvalue weighted by atomic mass is 15.1. The molecule has 0 aliphatic heterocycles. The molecule has 1 atom stereocenters. The van der Waals surface area contributed by atoms with Gasteiger partial charge < -0.3 is 0 Å². The molecule has 0 spiro atoms. The van der Waals surface area contributed by atoms with E-state index in [-0.39, 0.29) is 0 Å². The van der Waals surface area contributed by atoms with Crippen LogP contribution in [0.4, 0.5) is 0 Å². The molecular formula is C29H38N2. The van der Waals surface area contributed by atoms with E-state index in [0.29, 0.717) is 6.04 Å². The van der Waals surface area contributed by atoms with Crippen molar-refractivity contribution in [3.05, 3.63) is 88.1 Å². The predicted molar refractivity (Wildman–Crippen MR) is 133 cm³/mol. The fourth-order valence-corrected chi connectivity index (χ4v) is 4.44. The maximum atomic E-state index is 5.14. The zero-order valence-electron chi connectivity index (χ0n) is 20.2. The third kappa shape index (κ3) is 5.43. The third-order valence-electron chi connectivity index (χ3n) is 6.61. The molecule has 0 bridgehead atoms. The van der Waals surface area contributed by atoms with Crippen LogP contribution in [0.15, 0.2) is 54.6 Å². The van der Waals surface area contributed by atoms with Gasteiger partial charge in [-0.2, -0.15) is 0 Å². The second-order valence-electron chi connectivity index (χ2n) is 8.69. The van der Waals surface area contributed by atoms with E-state index in [2.05, 4.69) is 101 Å². The van der Waals surface area contributed by atoms with E-state index < -0.39 is 0 Å². The van der Waals surface area contributed by atoms with Gasteiger partial charge in [0, 0.05) is 30.4 Å². The molecule has 164 valence electrons. The van der Waals surface area contributed by atoms with E-state index in [4.69, 9.17) is 4.98 Å². The lowest BCUT2D eigenvalue weighted by Gasteiger charge is -2.30. The van der Waals surface area contributed by atoms with E-state index in [0.717, 1.165) is 43.7 Å². The van der Waals surface area contributed by atoms with Gasteiger partial charge in [0.25, 0.3) is 0 Å². The van der Waals surface area contributed by atoms with Gasteiger partial charge in [-0.25, -0.2) is 0 Å². The highest BCUT2D eigenvalue weighted by Gasteiger charge is 2.18. The summed E-state index contributed by atoms with van der Waals surface area (Å²) in [4.78, 5) is 7.73. The van der Waals surface area contributed by atoms with E-state index in [1.54, 1.807) is 0 Å². The molecule has 0 amide bonds. The van der Waals surface area contributed by atoms with Crippen LogP contribution >= 0.6 is 0 Å². The SMILES string of the molecule is CCc1cccc(CC)c1-c1cc(C)c(CN(Cc2ccccc2)C(C)CC)c(C)n1. The van der Waals surface area contributed by atoms with Crippen molar-refractivity contribution < 1.29 is 0 Å². The van der Waals surface area contributed by atoms with Crippen molar-refractivity contribution in [2.24, 2.45) is 0 Å². The van der Waals surface area contributed by atoms with Crippen LogP contribution in [-0.2, 0) is 25.9 Å². The lowest BCUT2D eigenvalue weighted by atomic mass is 9.93. The van der Waals surface area contributed by atoms with E-state index in [1.807, 2.05) is 0 Å². The largest absolute Gasteiger partial charge is 0.292 e. The lowest BCUT2D eigenvalue weighted by molar-refractivity contribution is 0.185. The Hall–Kier alpha value is -2.45. The summed E-state index contributed by atoms with van der Waals surface area (Å²) in [5.74, 6) is 0. The second-order valence-corrected chi connectivity index (χ2v) is 8.69. The fraction of sp³-hybridized carbons (Fsp3) is 0.414. The maximum Gasteiger partial charge on any atom is 0.0713 e. The van der Waals surface area contributed by atoms with Gasteiger partial charge >= 0.3 is 0 Å². The zero-order valence-corrected chi connectivity index (χ0v) is 20.2. The van der Waals surface area contributed by atoms with Gasteiger partial charge in [0.05, 0.1) is 5.69 Å². The lowest BCUT2D eigenvalue weighted by Crippen LogP contribution is -2.32. The van der Waals surface area contributed by atoms with Crippen molar-refractivity contribution >= 4 is 0 Å². The quantitative estimate of drug-likeness (QED) is 0.365. The molecule has 0 fully saturated rings. The Kier molecular flexibility index (Phi) is 8.03. The molecule has 0 saturated carbocycles. The molecule has 0 radical (unpaired) electrons. The molecule has 31 heavy (non-hydrogen) atoms. The Morgan fingerprint density at radius 2 is 1.48 bits per heavy atom. The molecule has 0 N–H and O–H groups in total. The van der Waals surface area contributed by atoms with Crippen LogP contribution in [0.5, 0.6) is 0 Å². The number of rotatable bonds is 9. The number of hydrogen-bond donors (Lipinski definition) is 0. The molecule has 1 aromatic heterocycles. The summed E-state index contributed by atoms with van der Waals surface area (Å²) in [6.45, 7) is 15.4. The fourth-order valence-electron chi connectivity index (χ4n) is 4.44. The maximum absolute atomic E-state index is 5.14. The Morgan fingerprint density at radius 1 is 0.839 bits per heavy atom. The topological polar surface area (TPSA) is 16.1 Å². The Balaban J connectivity index is 1.96. The van der Waals surface area contributed by atoms with Gasteiger partial charge in [0.15, 0.2) is 0 Å². The summed E-state index contributed by atoms with van der Waals surface area (Å²) in [5.41, 5.74) is 10.5. The van der Waals surface area contributed by atoms with Crippen molar-refractivity contribution in [1.82, 2.24) is 9.88 Å². The molecule has 2 nitrogen and oxygen atoms in total. The predicted octanol–water partition coefficient (Wildman–Crippen LogP) is 7.29. The van der Waals surface area contributed by atoms with Crippen LogP contribution in [0, 0.1) is 13.8 Å². The average molecular weight is 415 g/mol. The second kappa shape index (κ2) is 10.7. The Labute approximate surface area is 189 Å². The van der Waals surface area contributed by atoms with Crippen LogP contribution < -0.4 is 0 Å². The van der Waals surface area contributed by atoms with Crippen molar-refractivity contribution in [2.75, 3.05) is 0 Å². The van der Waals surface area contributed by atoms with Gasteiger partial charge in [-0.15, -0.1) is 0 Å². The number of aromatic nitrogens is 1. The van der Waals surface area contributed by atoms with Gasteiger partial charge in [-0.3, -0.25) is 9.88 Å². The Morgan fingerprint density at radius 3 is 2.03 bits per heavy atom. The number of aryl methyl sites for hydroxylation is 4. The smallest absolute Gasteiger partial charge is 0.0713 e. The Bertz CT molecular complexity index is 946. The van der Waals surface area contributed by atoms with Gasteiger partial charge in [0.1, 0.15) is 0 Å².